The van der Waals surface area contributed by atoms with E-state index in [9.17, 15) is 5.11 Å². The summed E-state index contributed by atoms with van der Waals surface area (Å²) >= 11 is 0. The van der Waals surface area contributed by atoms with Crippen molar-refractivity contribution in [3.05, 3.63) is 0 Å². The maximum atomic E-state index is 9.52. The zero-order valence-corrected chi connectivity index (χ0v) is 9.22. The van der Waals surface area contributed by atoms with Gasteiger partial charge >= 0.3 is 0 Å². The van der Waals surface area contributed by atoms with Crippen molar-refractivity contribution >= 4 is 0 Å². The number of hydrogen-bond donors (Lipinski definition) is 1. The molecule has 2 heterocycles. The van der Waals surface area contributed by atoms with E-state index >= 15 is 0 Å². The maximum absolute atomic E-state index is 9.52. The first kappa shape index (κ1) is 11.3. The molecule has 1 N–H and O–H groups in total. The van der Waals surface area contributed by atoms with Crippen molar-refractivity contribution in [2.75, 3.05) is 19.8 Å². The van der Waals surface area contributed by atoms with E-state index in [-0.39, 0.29) is 18.3 Å². The summed E-state index contributed by atoms with van der Waals surface area (Å²) in [4.78, 5) is 0. The molecule has 2 fully saturated rings. The lowest BCUT2D eigenvalue weighted by Gasteiger charge is -2.16. The minimum atomic E-state index is -0.473. The van der Waals surface area contributed by atoms with Crippen molar-refractivity contribution in [1.82, 2.24) is 0 Å². The van der Waals surface area contributed by atoms with E-state index in [1.165, 1.54) is 12.8 Å². The largest absolute Gasteiger partial charge is 0.388 e. The Morgan fingerprint density at radius 3 is 2.80 bits per heavy atom. The highest BCUT2D eigenvalue weighted by atomic mass is 16.6. The molecule has 0 unspecified atom stereocenters. The first-order valence-electron chi connectivity index (χ1n) is 5.85. The lowest BCUT2D eigenvalue weighted by atomic mass is 10.1. The van der Waals surface area contributed by atoms with E-state index in [2.05, 4.69) is 6.92 Å². The molecule has 0 saturated carbocycles. The normalized spacial score (nSPS) is 39.6. The number of aliphatic hydroxyl groups excluding tert-OH is 1. The number of rotatable bonds is 5. The number of fused-ring (bicyclic) bond motifs is 1. The monoisotopic (exact) mass is 216 g/mol. The molecule has 4 atom stereocenters. The zero-order chi connectivity index (χ0) is 10.7. The Labute approximate surface area is 90.5 Å². The molecule has 88 valence electrons. The Hall–Kier alpha value is -0.160. The fourth-order valence-electron chi connectivity index (χ4n) is 2.17. The predicted molar refractivity (Wildman–Crippen MR) is 54.8 cm³/mol. The molecule has 4 heteroatoms. The Balaban J connectivity index is 1.71. The molecule has 2 aliphatic heterocycles. The first-order chi connectivity index (χ1) is 7.33. The molecule has 0 amide bonds. The van der Waals surface area contributed by atoms with Gasteiger partial charge in [0.05, 0.1) is 13.2 Å². The third kappa shape index (κ3) is 2.50. The van der Waals surface area contributed by atoms with Crippen molar-refractivity contribution in [3.63, 3.8) is 0 Å². The number of ether oxygens (including phenoxy) is 3. The summed E-state index contributed by atoms with van der Waals surface area (Å²) in [6.45, 7) is 3.87. The zero-order valence-electron chi connectivity index (χ0n) is 9.22. The van der Waals surface area contributed by atoms with Gasteiger partial charge in [-0.15, -0.1) is 0 Å². The van der Waals surface area contributed by atoms with Gasteiger partial charge in [-0.25, -0.2) is 0 Å². The van der Waals surface area contributed by atoms with Crippen LogP contribution in [-0.2, 0) is 14.2 Å². The molecule has 2 aliphatic rings. The highest BCUT2D eigenvalue weighted by molar-refractivity contribution is 4.94. The van der Waals surface area contributed by atoms with Crippen LogP contribution in [0.15, 0.2) is 0 Å². The minimum absolute atomic E-state index is 0.0176. The van der Waals surface area contributed by atoms with Crippen LogP contribution >= 0.6 is 0 Å². The summed E-state index contributed by atoms with van der Waals surface area (Å²) in [5, 5.41) is 9.52. The summed E-state index contributed by atoms with van der Waals surface area (Å²) in [5.41, 5.74) is 0. The fourth-order valence-corrected chi connectivity index (χ4v) is 2.17. The molecular formula is C11H20O4. The Kier molecular flexibility index (Phi) is 3.97. The number of aliphatic hydroxyl groups is 1. The van der Waals surface area contributed by atoms with Crippen molar-refractivity contribution in [3.8, 4) is 0 Å². The Morgan fingerprint density at radius 2 is 2.00 bits per heavy atom. The summed E-state index contributed by atoms with van der Waals surface area (Å²) in [6, 6.07) is 0. The third-order valence-corrected chi connectivity index (χ3v) is 3.06. The lowest BCUT2D eigenvalue weighted by Crippen LogP contribution is -2.33. The van der Waals surface area contributed by atoms with Gasteiger partial charge in [0.15, 0.2) is 0 Å². The minimum Gasteiger partial charge on any atom is -0.388 e. The Morgan fingerprint density at radius 1 is 1.20 bits per heavy atom. The van der Waals surface area contributed by atoms with E-state index in [1.54, 1.807) is 0 Å². The van der Waals surface area contributed by atoms with E-state index in [1.807, 2.05) is 0 Å². The molecule has 0 bridgehead atoms. The Bertz CT molecular complexity index is 197. The summed E-state index contributed by atoms with van der Waals surface area (Å²) in [6.07, 6.45) is 2.82. The van der Waals surface area contributed by atoms with Gasteiger partial charge in [0, 0.05) is 6.61 Å². The van der Waals surface area contributed by atoms with Crippen molar-refractivity contribution in [2.24, 2.45) is 0 Å². The van der Waals surface area contributed by atoms with Crippen LogP contribution in [-0.4, -0.2) is 49.3 Å². The SMILES string of the molecule is CCCCCO[C@H]1CO[C@H]2[C@@H]1OC[C@H]2O. The fraction of sp³-hybridized carbons (Fsp3) is 1.00. The van der Waals surface area contributed by atoms with Gasteiger partial charge in [0.1, 0.15) is 24.4 Å². The molecule has 0 aliphatic carbocycles. The van der Waals surface area contributed by atoms with Crippen LogP contribution in [0, 0.1) is 0 Å². The van der Waals surface area contributed by atoms with Crippen LogP contribution in [0.4, 0.5) is 0 Å². The van der Waals surface area contributed by atoms with Crippen LogP contribution in [0.5, 0.6) is 0 Å². The first-order valence-corrected chi connectivity index (χ1v) is 5.85. The second-order valence-electron chi connectivity index (χ2n) is 4.28. The topological polar surface area (TPSA) is 47.9 Å². The lowest BCUT2D eigenvalue weighted by molar-refractivity contribution is -0.0377. The molecular weight excluding hydrogens is 196 g/mol. The highest BCUT2D eigenvalue weighted by Gasteiger charge is 2.47. The smallest absolute Gasteiger partial charge is 0.115 e. The molecule has 15 heavy (non-hydrogen) atoms. The standard InChI is InChI=1S/C11H20O4/c1-2-3-4-5-13-9-7-15-10-8(12)6-14-11(9)10/h8-12H,2-7H2,1H3/t8-,9+,10-,11-/m1/s1. The number of hydrogen-bond acceptors (Lipinski definition) is 4. The molecule has 0 aromatic heterocycles. The maximum Gasteiger partial charge on any atom is 0.115 e. The van der Waals surface area contributed by atoms with Crippen LogP contribution in [0.3, 0.4) is 0 Å². The predicted octanol–water partition coefficient (Wildman–Crippen LogP) is 0.720. The third-order valence-electron chi connectivity index (χ3n) is 3.06. The molecule has 4 nitrogen and oxygen atoms in total. The molecule has 2 rings (SSSR count). The quantitative estimate of drug-likeness (QED) is 0.688. The second kappa shape index (κ2) is 5.25. The van der Waals surface area contributed by atoms with Gasteiger partial charge in [-0.3, -0.25) is 0 Å². The van der Waals surface area contributed by atoms with Gasteiger partial charge in [-0.2, -0.15) is 0 Å². The summed E-state index contributed by atoms with van der Waals surface area (Å²) in [7, 11) is 0. The molecule has 0 aromatic carbocycles. The summed E-state index contributed by atoms with van der Waals surface area (Å²) in [5.74, 6) is 0. The van der Waals surface area contributed by atoms with Crippen LogP contribution in [0.2, 0.25) is 0 Å². The van der Waals surface area contributed by atoms with E-state index < -0.39 is 6.10 Å². The average Bonchev–Trinajstić information content (AvgIpc) is 2.78. The van der Waals surface area contributed by atoms with Crippen molar-refractivity contribution in [1.29, 1.82) is 0 Å². The summed E-state index contributed by atoms with van der Waals surface area (Å²) < 4.78 is 16.6. The molecule has 0 spiro atoms. The second-order valence-corrected chi connectivity index (χ2v) is 4.28. The van der Waals surface area contributed by atoms with Gasteiger partial charge in [-0.05, 0) is 6.42 Å². The number of unbranched alkanes of at least 4 members (excludes halogenated alkanes) is 2. The highest BCUT2D eigenvalue weighted by Crippen LogP contribution is 2.28. The van der Waals surface area contributed by atoms with E-state index in [0.29, 0.717) is 13.2 Å². The van der Waals surface area contributed by atoms with Gasteiger partial charge in [-0.1, -0.05) is 19.8 Å². The van der Waals surface area contributed by atoms with Crippen LogP contribution < -0.4 is 0 Å². The van der Waals surface area contributed by atoms with Crippen molar-refractivity contribution < 1.29 is 19.3 Å². The average molecular weight is 216 g/mol. The van der Waals surface area contributed by atoms with Crippen LogP contribution in [0.1, 0.15) is 26.2 Å². The van der Waals surface area contributed by atoms with Crippen LogP contribution in [0.25, 0.3) is 0 Å². The van der Waals surface area contributed by atoms with Gasteiger partial charge in [0.2, 0.25) is 0 Å². The molecule has 2 saturated heterocycles. The van der Waals surface area contributed by atoms with Gasteiger partial charge < -0.3 is 19.3 Å². The van der Waals surface area contributed by atoms with E-state index in [4.69, 9.17) is 14.2 Å². The van der Waals surface area contributed by atoms with Gasteiger partial charge in [0.25, 0.3) is 0 Å². The molecule has 0 aromatic rings. The molecule has 0 radical (unpaired) electrons. The van der Waals surface area contributed by atoms with E-state index in [0.717, 1.165) is 13.0 Å². The van der Waals surface area contributed by atoms with Crippen molar-refractivity contribution in [2.45, 2.75) is 50.6 Å².